The Labute approximate surface area is 187 Å². The molecule has 2 N–H and O–H groups in total. The van der Waals surface area contributed by atoms with Gasteiger partial charge < -0.3 is 10.2 Å². The van der Waals surface area contributed by atoms with Crippen molar-refractivity contribution in [3.63, 3.8) is 0 Å². The molecule has 0 aliphatic carbocycles. The van der Waals surface area contributed by atoms with E-state index in [0.29, 0.717) is 11.5 Å². The van der Waals surface area contributed by atoms with Crippen LogP contribution in [0.5, 0.6) is 0 Å². The third kappa shape index (κ3) is 5.26. The van der Waals surface area contributed by atoms with Gasteiger partial charge in [-0.2, -0.15) is 4.98 Å². The van der Waals surface area contributed by atoms with Gasteiger partial charge in [-0.15, -0.1) is 0 Å². The molecule has 1 aliphatic rings. The van der Waals surface area contributed by atoms with Crippen LogP contribution in [0.4, 0.5) is 23.1 Å². The summed E-state index contributed by atoms with van der Waals surface area (Å²) >= 11 is 6.03. The minimum Gasteiger partial charge on any atom is -0.341 e. The summed E-state index contributed by atoms with van der Waals surface area (Å²) in [6.07, 6.45) is 3.57. The summed E-state index contributed by atoms with van der Waals surface area (Å²) in [4.78, 5) is 11.5. The Morgan fingerprint density at radius 3 is 2.32 bits per heavy atom. The lowest BCUT2D eigenvalue weighted by atomic mass is 10.1. The Hall–Kier alpha value is -2.84. The van der Waals surface area contributed by atoms with Gasteiger partial charge in [0.1, 0.15) is 10.7 Å². The van der Waals surface area contributed by atoms with Crippen LogP contribution in [0.1, 0.15) is 25.0 Å². The monoisotopic (exact) mass is 457 g/mol. The van der Waals surface area contributed by atoms with E-state index in [9.17, 15) is 8.42 Å². The Morgan fingerprint density at radius 1 is 0.935 bits per heavy atom. The average molecular weight is 458 g/mol. The molecule has 0 atom stereocenters. The van der Waals surface area contributed by atoms with Crippen LogP contribution >= 0.6 is 11.6 Å². The zero-order valence-corrected chi connectivity index (χ0v) is 18.7. The molecule has 0 saturated carbocycles. The summed E-state index contributed by atoms with van der Waals surface area (Å²) in [5, 5.41) is 3.46. The molecule has 31 heavy (non-hydrogen) atoms. The summed E-state index contributed by atoms with van der Waals surface area (Å²) in [6, 6.07) is 15.2. The second kappa shape index (κ2) is 9.11. The first-order valence-electron chi connectivity index (χ1n) is 10.2. The number of anilines is 4. The van der Waals surface area contributed by atoms with Gasteiger partial charge in [0.25, 0.3) is 10.0 Å². The van der Waals surface area contributed by atoms with E-state index in [1.54, 1.807) is 42.5 Å². The maximum atomic E-state index is 12.6. The molecule has 7 nitrogen and oxygen atoms in total. The van der Waals surface area contributed by atoms with E-state index in [1.165, 1.54) is 12.5 Å². The maximum absolute atomic E-state index is 12.6. The second-order valence-electron chi connectivity index (χ2n) is 7.48. The molecule has 162 valence electrons. The van der Waals surface area contributed by atoms with Gasteiger partial charge in [0.15, 0.2) is 0 Å². The molecule has 1 saturated heterocycles. The fourth-order valence-corrected chi connectivity index (χ4v) is 5.07. The van der Waals surface area contributed by atoms with E-state index < -0.39 is 10.0 Å². The first kappa shape index (κ1) is 21.4. The van der Waals surface area contributed by atoms with Gasteiger partial charge >= 0.3 is 0 Å². The highest BCUT2D eigenvalue weighted by molar-refractivity contribution is 7.92. The van der Waals surface area contributed by atoms with Gasteiger partial charge in [-0.25, -0.2) is 13.4 Å². The van der Waals surface area contributed by atoms with Gasteiger partial charge in [-0.1, -0.05) is 23.7 Å². The fourth-order valence-electron chi connectivity index (χ4n) is 3.49. The van der Waals surface area contributed by atoms with E-state index >= 15 is 0 Å². The molecule has 0 amide bonds. The van der Waals surface area contributed by atoms with Crippen molar-refractivity contribution in [3.05, 3.63) is 65.3 Å². The van der Waals surface area contributed by atoms with Crippen LogP contribution in [0.15, 0.2) is 59.5 Å². The number of nitrogens with zero attached hydrogens (tertiary/aromatic N) is 3. The summed E-state index contributed by atoms with van der Waals surface area (Å²) in [5.74, 6) is 1.45. The smallest absolute Gasteiger partial charge is 0.263 e. The minimum atomic E-state index is -3.77. The molecule has 3 aromatic rings. The molecule has 0 radical (unpaired) electrons. The van der Waals surface area contributed by atoms with E-state index in [4.69, 9.17) is 11.6 Å². The molecule has 0 bridgehead atoms. The number of aromatic nitrogens is 2. The molecule has 9 heteroatoms. The molecule has 2 aromatic carbocycles. The zero-order chi connectivity index (χ0) is 21.8. The van der Waals surface area contributed by atoms with Crippen LogP contribution in [0.3, 0.4) is 0 Å². The fraction of sp³-hybridized carbons (Fsp3) is 0.273. The lowest BCUT2D eigenvalue weighted by molar-refractivity contribution is 0.568. The van der Waals surface area contributed by atoms with Crippen LogP contribution in [-0.2, 0) is 10.0 Å². The van der Waals surface area contributed by atoms with E-state index in [2.05, 4.69) is 24.9 Å². The standard InChI is InChI=1S/C22H24ClN5O2S/c1-16-15-21(26-22(24-16)28-13-5-2-6-14-28)25-17-9-11-18(12-10-17)27-31(29,30)20-8-4-3-7-19(20)23/h3-4,7-12,15,27H,2,5-6,13-14H2,1H3,(H,24,25,26). The van der Waals surface area contributed by atoms with Crippen molar-refractivity contribution in [3.8, 4) is 0 Å². The summed E-state index contributed by atoms with van der Waals surface area (Å²) < 4.78 is 27.7. The van der Waals surface area contributed by atoms with Gasteiger partial charge in [0.2, 0.25) is 5.95 Å². The SMILES string of the molecule is Cc1cc(Nc2ccc(NS(=O)(=O)c3ccccc3Cl)cc2)nc(N2CCCCC2)n1. The predicted molar refractivity (Wildman–Crippen MR) is 125 cm³/mol. The van der Waals surface area contributed by atoms with E-state index in [-0.39, 0.29) is 9.92 Å². The number of piperidine rings is 1. The summed E-state index contributed by atoms with van der Waals surface area (Å²) in [7, 11) is -3.77. The number of benzene rings is 2. The number of sulfonamides is 1. The second-order valence-corrected chi connectivity index (χ2v) is 9.54. The van der Waals surface area contributed by atoms with Crippen molar-refractivity contribution < 1.29 is 8.42 Å². The maximum Gasteiger partial charge on any atom is 0.263 e. The van der Waals surface area contributed by atoms with Gasteiger partial charge in [-0.3, -0.25) is 4.72 Å². The van der Waals surface area contributed by atoms with Crippen molar-refractivity contribution in [2.75, 3.05) is 28.0 Å². The molecule has 1 aliphatic heterocycles. The highest BCUT2D eigenvalue weighted by Crippen LogP contribution is 2.25. The number of hydrogen-bond donors (Lipinski definition) is 2. The first-order chi connectivity index (χ1) is 14.9. The third-order valence-electron chi connectivity index (χ3n) is 5.02. The normalized spacial score (nSPS) is 14.3. The zero-order valence-electron chi connectivity index (χ0n) is 17.2. The number of aryl methyl sites for hydroxylation is 1. The number of halogens is 1. The van der Waals surface area contributed by atoms with E-state index in [1.807, 2.05) is 13.0 Å². The summed E-state index contributed by atoms with van der Waals surface area (Å²) in [6.45, 7) is 3.90. The van der Waals surface area contributed by atoms with Crippen molar-refractivity contribution in [2.24, 2.45) is 0 Å². The van der Waals surface area contributed by atoms with Crippen molar-refractivity contribution >= 4 is 44.8 Å². The molecule has 0 unspecified atom stereocenters. The Bertz CT molecular complexity index is 1160. The van der Waals surface area contributed by atoms with Crippen LogP contribution < -0.4 is 14.9 Å². The van der Waals surface area contributed by atoms with Gasteiger partial charge in [-0.05, 0) is 62.6 Å². The Balaban J connectivity index is 1.48. The molecular formula is C22H24ClN5O2S. The molecule has 1 aromatic heterocycles. The topological polar surface area (TPSA) is 87.2 Å². The van der Waals surface area contributed by atoms with Crippen LogP contribution in [0, 0.1) is 6.92 Å². The average Bonchev–Trinajstić information content (AvgIpc) is 2.75. The number of rotatable bonds is 6. The minimum absolute atomic E-state index is 0.0422. The predicted octanol–water partition coefficient (Wildman–Crippen LogP) is 4.97. The quantitative estimate of drug-likeness (QED) is 0.543. The van der Waals surface area contributed by atoms with Crippen molar-refractivity contribution in [1.29, 1.82) is 0 Å². The largest absolute Gasteiger partial charge is 0.341 e. The number of hydrogen-bond acceptors (Lipinski definition) is 6. The van der Waals surface area contributed by atoms with Crippen molar-refractivity contribution in [1.82, 2.24) is 9.97 Å². The summed E-state index contributed by atoms with van der Waals surface area (Å²) in [5.41, 5.74) is 2.13. The third-order valence-corrected chi connectivity index (χ3v) is 6.90. The molecule has 2 heterocycles. The van der Waals surface area contributed by atoms with Crippen LogP contribution in [0.25, 0.3) is 0 Å². The Kier molecular flexibility index (Phi) is 6.29. The van der Waals surface area contributed by atoms with Crippen LogP contribution in [0.2, 0.25) is 5.02 Å². The van der Waals surface area contributed by atoms with E-state index in [0.717, 1.165) is 43.3 Å². The van der Waals surface area contributed by atoms with Gasteiger partial charge in [0, 0.05) is 36.2 Å². The Morgan fingerprint density at radius 2 is 1.61 bits per heavy atom. The molecule has 4 rings (SSSR count). The van der Waals surface area contributed by atoms with Crippen molar-refractivity contribution in [2.45, 2.75) is 31.1 Å². The molecule has 0 spiro atoms. The highest BCUT2D eigenvalue weighted by atomic mass is 35.5. The first-order valence-corrected chi connectivity index (χ1v) is 12.0. The highest BCUT2D eigenvalue weighted by Gasteiger charge is 2.18. The van der Waals surface area contributed by atoms with Crippen LogP contribution in [-0.4, -0.2) is 31.5 Å². The number of nitrogens with one attached hydrogen (secondary N) is 2. The van der Waals surface area contributed by atoms with Gasteiger partial charge in [0.05, 0.1) is 5.02 Å². The molecular weight excluding hydrogens is 434 g/mol. The lowest BCUT2D eigenvalue weighted by Gasteiger charge is -2.27. The lowest BCUT2D eigenvalue weighted by Crippen LogP contribution is -2.31. The molecule has 1 fully saturated rings.